The number of ether oxygens (including phenoxy) is 2. The van der Waals surface area contributed by atoms with E-state index in [0.29, 0.717) is 17.3 Å². The van der Waals surface area contributed by atoms with Crippen LogP contribution < -0.4 is 9.47 Å². The third-order valence-corrected chi connectivity index (χ3v) is 6.47. The molecule has 26 heavy (non-hydrogen) atoms. The maximum atomic E-state index is 13.2. The first-order valence-corrected chi connectivity index (χ1v) is 10.1. The van der Waals surface area contributed by atoms with Gasteiger partial charge in [-0.15, -0.1) is 11.3 Å². The van der Waals surface area contributed by atoms with Gasteiger partial charge in [-0.05, 0) is 35.7 Å². The number of hydrogen-bond donors (Lipinski definition) is 0. The van der Waals surface area contributed by atoms with Crippen LogP contribution in [0.15, 0.2) is 63.4 Å². The maximum absolute atomic E-state index is 13.2. The molecule has 0 amide bonds. The fraction of sp³-hybridized carbons (Fsp3) is 0.222. The Bertz CT molecular complexity index is 898. The van der Waals surface area contributed by atoms with E-state index < -0.39 is 10.0 Å². The largest absolute Gasteiger partial charge is 0.493 e. The zero-order chi connectivity index (χ0) is 18.6. The number of benzene rings is 1. The molecule has 0 spiro atoms. The fourth-order valence-corrected chi connectivity index (χ4v) is 4.71. The Labute approximate surface area is 156 Å². The second-order valence-corrected chi connectivity index (χ2v) is 8.42. The van der Waals surface area contributed by atoms with Crippen molar-refractivity contribution in [3.63, 3.8) is 0 Å². The van der Waals surface area contributed by atoms with Crippen LogP contribution in [0.5, 0.6) is 11.5 Å². The molecule has 3 rings (SSSR count). The summed E-state index contributed by atoms with van der Waals surface area (Å²) in [6.07, 6.45) is 1.53. The number of thiophene rings is 1. The van der Waals surface area contributed by atoms with Gasteiger partial charge < -0.3 is 13.9 Å². The lowest BCUT2D eigenvalue weighted by atomic mass is 10.3. The van der Waals surface area contributed by atoms with E-state index in [-0.39, 0.29) is 18.0 Å². The summed E-state index contributed by atoms with van der Waals surface area (Å²) in [6.45, 7) is 0.399. The Balaban J connectivity index is 1.97. The molecule has 0 aliphatic heterocycles. The highest BCUT2D eigenvalue weighted by Gasteiger charge is 2.27. The van der Waals surface area contributed by atoms with Gasteiger partial charge in [0.05, 0.1) is 31.9 Å². The summed E-state index contributed by atoms with van der Waals surface area (Å²) in [5.74, 6) is 1.41. The van der Waals surface area contributed by atoms with Gasteiger partial charge in [0.15, 0.2) is 11.5 Å². The maximum Gasteiger partial charge on any atom is 0.243 e. The van der Waals surface area contributed by atoms with Gasteiger partial charge in [0.25, 0.3) is 0 Å². The molecule has 0 radical (unpaired) electrons. The van der Waals surface area contributed by atoms with Crippen molar-refractivity contribution < 1.29 is 22.3 Å². The van der Waals surface area contributed by atoms with Gasteiger partial charge in [-0.3, -0.25) is 0 Å². The van der Waals surface area contributed by atoms with Gasteiger partial charge in [0.2, 0.25) is 10.0 Å². The van der Waals surface area contributed by atoms with Crippen molar-refractivity contribution in [1.29, 1.82) is 0 Å². The smallest absolute Gasteiger partial charge is 0.243 e. The molecule has 0 unspecified atom stereocenters. The molecule has 6 nitrogen and oxygen atoms in total. The van der Waals surface area contributed by atoms with Crippen molar-refractivity contribution >= 4 is 21.4 Å². The zero-order valence-corrected chi connectivity index (χ0v) is 16.0. The van der Waals surface area contributed by atoms with E-state index in [2.05, 4.69) is 0 Å². The summed E-state index contributed by atoms with van der Waals surface area (Å²) in [5, 5.41) is 1.92. The van der Waals surface area contributed by atoms with E-state index >= 15 is 0 Å². The summed E-state index contributed by atoms with van der Waals surface area (Å²) in [7, 11) is -0.788. The molecule has 0 saturated heterocycles. The molecule has 1 aromatic carbocycles. The summed E-state index contributed by atoms with van der Waals surface area (Å²) >= 11 is 1.51. The highest BCUT2D eigenvalue weighted by Crippen LogP contribution is 2.31. The lowest BCUT2D eigenvalue weighted by molar-refractivity contribution is 0.351. The Hall–Kier alpha value is -2.29. The highest BCUT2D eigenvalue weighted by molar-refractivity contribution is 7.89. The van der Waals surface area contributed by atoms with Crippen LogP contribution in [0, 0.1) is 0 Å². The Morgan fingerprint density at radius 3 is 2.46 bits per heavy atom. The predicted molar refractivity (Wildman–Crippen MR) is 99.0 cm³/mol. The molecule has 138 valence electrons. The molecule has 0 atom stereocenters. The third-order valence-electron chi connectivity index (χ3n) is 3.82. The van der Waals surface area contributed by atoms with Gasteiger partial charge in [-0.25, -0.2) is 8.42 Å². The second-order valence-electron chi connectivity index (χ2n) is 5.45. The number of nitrogens with zero attached hydrogens (tertiary/aromatic N) is 1. The zero-order valence-electron chi connectivity index (χ0n) is 14.4. The van der Waals surface area contributed by atoms with Crippen LogP contribution in [0.25, 0.3) is 0 Å². The first kappa shape index (κ1) is 18.5. The van der Waals surface area contributed by atoms with E-state index in [1.807, 2.05) is 17.5 Å². The van der Waals surface area contributed by atoms with Crippen molar-refractivity contribution in [3.8, 4) is 11.5 Å². The first-order chi connectivity index (χ1) is 12.5. The number of sulfonamides is 1. The second kappa shape index (κ2) is 7.94. The van der Waals surface area contributed by atoms with Crippen LogP contribution in [0.4, 0.5) is 0 Å². The highest BCUT2D eigenvalue weighted by atomic mass is 32.2. The van der Waals surface area contributed by atoms with Gasteiger partial charge in [0.1, 0.15) is 5.76 Å². The molecule has 2 heterocycles. The van der Waals surface area contributed by atoms with Gasteiger partial charge in [-0.1, -0.05) is 6.07 Å². The normalized spacial score (nSPS) is 11.7. The van der Waals surface area contributed by atoms with E-state index in [0.717, 1.165) is 4.88 Å². The van der Waals surface area contributed by atoms with Gasteiger partial charge >= 0.3 is 0 Å². The van der Waals surface area contributed by atoms with E-state index in [1.165, 1.54) is 48.3 Å². The monoisotopic (exact) mass is 393 g/mol. The van der Waals surface area contributed by atoms with Crippen molar-refractivity contribution in [1.82, 2.24) is 4.31 Å². The Kier molecular flexibility index (Phi) is 5.65. The standard InChI is InChI=1S/C18H19NO5S2/c1-22-17-8-7-16(11-18(17)23-2)26(20,21)19(12-14-5-3-9-24-14)13-15-6-4-10-25-15/h3-11H,12-13H2,1-2H3. The van der Waals surface area contributed by atoms with Crippen LogP contribution in [0.1, 0.15) is 10.6 Å². The predicted octanol–water partition coefficient (Wildman–Crippen LogP) is 3.75. The minimum absolute atomic E-state index is 0.137. The third kappa shape index (κ3) is 3.92. The van der Waals surface area contributed by atoms with Crippen molar-refractivity contribution in [2.45, 2.75) is 18.0 Å². The van der Waals surface area contributed by atoms with Crippen molar-refractivity contribution in [2.75, 3.05) is 14.2 Å². The summed E-state index contributed by atoms with van der Waals surface area (Å²) in [4.78, 5) is 1.08. The Morgan fingerprint density at radius 1 is 1.04 bits per heavy atom. The number of rotatable bonds is 8. The van der Waals surface area contributed by atoms with Crippen LogP contribution in [-0.4, -0.2) is 26.9 Å². The van der Waals surface area contributed by atoms with Crippen LogP contribution in [0.3, 0.4) is 0 Å². The topological polar surface area (TPSA) is 69.0 Å². The molecule has 0 fully saturated rings. The molecule has 2 aromatic heterocycles. The average Bonchev–Trinajstić information content (AvgIpc) is 3.34. The summed E-state index contributed by atoms with van der Waals surface area (Å²) < 4.78 is 43.7. The van der Waals surface area contributed by atoms with Crippen molar-refractivity contribution in [3.05, 3.63) is 64.7 Å². The molecule has 0 aliphatic carbocycles. The number of furan rings is 1. The molecular weight excluding hydrogens is 374 g/mol. The molecule has 3 aromatic rings. The minimum Gasteiger partial charge on any atom is -0.493 e. The van der Waals surface area contributed by atoms with Crippen LogP contribution in [0.2, 0.25) is 0 Å². The van der Waals surface area contributed by atoms with Gasteiger partial charge in [-0.2, -0.15) is 4.31 Å². The van der Waals surface area contributed by atoms with Crippen LogP contribution >= 0.6 is 11.3 Å². The Morgan fingerprint density at radius 2 is 1.85 bits per heavy atom. The lowest BCUT2D eigenvalue weighted by Gasteiger charge is -2.21. The van der Waals surface area contributed by atoms with E-state index in [9.17, 15) is 8.42 Å². The summed E-state index contributed by atoms with van der Waals surface area (Å²) in [6, 6.07) is 11.9. The van der Waals surface area contributed by atoms with Crippen LogP contribution in [-0.2, 0) is 23.1 Å². The minimum atomic E-state index is -3.77. The number of hydrogen-bond acceptors (Lipinski definition) is 6. The quantitative estimate of drug-likeness (QED) is 0.583. The first-order valence-electron chi connectivity index (χ1n) is 7.81. The summed E-state index contributed by atoms with van der Waals surface area (Å²) in [5.41, 5.74) is 0. The SMILES string of the molecule is COc1ccc(S(=O)(=O)N(Cc2ccco2)Cc2cccs2)cc1OC. The number of methoxy groups -OCH3 is 2. The van der Waals surface area contributed by atoms with Crippen molar-refractivity contribution in [2.24, 2.45) is 0 Å². The fourth-order valence-electron chi connectivity index (χ4n) is 2.50. The average molecular weight is 393 g/mol. The molecule has 0 aliphatic rings. The van der Waals surface area contributed by atoms with Gasteiger partial charge in [0, 0.05) is 17.5 Å². The molecule has 8 heteroatoms. The molecule has 0 saturated carbocycles. The molecule has 0 N–H and O–H groups in total. The van der Waals surface area contributed by atoms with E-state index in [4.69, 9.17) is 13.9 Å². The molecular formula is C18H19NO5S2. The molecule has 0 bridgehead atoms. The van der Waals surface area contributed by atoms with E-state index in [1.54, 1.807) is 18.2 Å². The lowest BCUT2D eigenvalue weighted by Crippen LogP contribution is -2.29.